The fraction of sp³-hybridized carbons (Fsp3) is 0.143. The molecule has 7 heteroatoms. The number of nitriles is 1. The van der Waals surface area contributed by atoms with Crippen molar-refractivity contribution in [1.82, 2.24) is 15.5 Å². The van der Waals surface area contributed by atoms with Crippen LogP contribution < -0.4 is 10.6 Å². The van der Waals surface area contributed by atoms with E-state index < -0.39 is 0 Å². The van der Waals surface area contributed by atoms with E-state index in [0.717, 1.165) is 0 Å². The summed E-state index contributed by atoms with van der Waals surface area (Å²) in [4.78, 5) is 0. The number of rotatable bonds is 4. The van der Waals surface area contributed by atoms with Gasteiger partial charge >= 0.3 is 0 Å². The molecule has 0 atom stereocenters. The highest BCUT2D eigenvalue weighted by atomic mass is 32.1. The molecular weight excluding hydrogens is 289 g/mol. The van der Waals surface area contributed by atoms with Crippen molar-refractivity contribution in [3.63, 3.8) is 0 Å². The third kappa shape index (κ3) is 4.19. The summed E-state index contributed by atoms with van der Waals surface area (Å²) in [5, 5.41) is 22.4. The molecule has 0 saturated heterocycles. The van der Waals surface area contributed by atoms with Crippen LogP contribution in [0.3, 0.4) is 0 Å². The van der Waals surface area contributed by atoms with E-state index >= 15 is 0 Å². The van der Waals surface area contributed by atoms with E-state index in [1.165, 1.54) is 18.3 Å². The van der Waals surface area contributed by atoms with E-state index in [-0.39, 0.29) is 5.82 Å². The first kappa shape index (κ1) is 14.8. The Morgan fingerprint density at radius 3 is 2.90 bits per heavy atom. The van der Waals surface area contributed by atoms with Crippen LogP contribution in [-0.2, 0) is 6.42 Å². The molecule has 2 aromatic rings. The fourth-order valence-electron chi connectivity index (χ4n) is 1.68. The molecule has 21 heavy (non-hydrogen) atoms. The van der Waals surface area contributed by atoms with Crippen LogP contribution in [0.1, 0.15) is 11.1 Å². The Morgan fingerprint density at radius 1 is 1.33 bits per heavy atom. The van der Waals surface area contributed by atoms with Gasteiger partial charge in [-0.15, -0.1) is 5.10 Å². The number of nitrogens with zero attached hydrogens (tertiary/aromatic N) is 3. The zero-order valence-corrected chi connectivity index (χ0v) is 11.8. The number of hydrogen-bond donors (Lipinski definition) is 2. The van der Waals surface area contributed by atoms with Crippen molar-refractivity contribution >= 4 is 23.1 Å². The fourth-order valence-corrected chi connectivity index (χ4v) is 1.88. The highest BCUT2D eigenvalue weighted by molar-refractivity contribution is 7.80. The Bertz CT molecular complexity index is 683. The molecule has 106 valence electrons. The van der Waals surface area contributed by atoms with Crippen LogP contribution in [0.25, 0.3) is 0 Å². The molecule has 2 rings (SSSR count). The third-order valence-corrected chi connectivity index (χ3v) is 2.96. The molecular formula is C14H12FN5S. The second kappa shape index (κ2) is 7.26. The van der Waals surface area contributed by atoms with Gasteiger partial charge in [0.05, 0.1) is 11.8 Å². The van der Waals surface area contributed by atoms with E-state index in [0.29, 0.717) is 35.0 Å². The van der Waals surface area contributed by atoms with Gasteiger partial charge in [0, 0.05) is 6.54 Å². The minimum absolute atomic E-state index is 0.237. The second-order valence-corrected chi connectivity index (χ2v) is 4.54. The monoisotopic (exact) mass is 301 g/mol. The van der Waals surface area contributed by atoms with E-state index in [4.69, 9.17) is 17.5 Å². The van der Waals surface area contributed by atoms with E-state index in [2.05, 4.69) is 20.8 Å². The third-order valence-electron chi connectivity index (χ3n) is 2.71. The molecule has 0 spiro atoms. The number of nitrogens with one attached hydrogen (secondary N) is 2. The maximum absolute atomic E-state index is 13.4. The predicted molar refractivity (Wildman–Crippen MR) is 81.1 cm³/mol. The molecule has 5 nitrogen and oxygen atoms in total. The van der Waals surface area contributed by atoms with Gasteiger partial charge in [0.25, 0.3) is 0 Å². The summed E-state index contributed by atoms with van der Waals surface area (Å²) in [5.41, 5.74) is 0.966. The molecule has 0 radical (unpaired) electrons. The second-order valence-electron chi connectivity index (χ2n) is 4.13. The number of anilines is 1. The molecule has 0 aliphatic carbocycles. The zero-order valence-electron chi connectivity index (χ0n) is 11.0. The largest absolute Gasteiger partial charge is 0.362 e. The maximum Gasteiger partial charge on any atom is 0.172 e. The van der Waals surface area contributed by atoms with Crippen molar-refractivity contribution in [2.24, 2.45) is 0 Å². The van der Waals surface area contributed by atoms with Gasteiger partial charge in [-0.3, -0.25) is 0 Å². The first-order valence-corrected chi connectivity index (χ1v) is 6.61. The smallest absolute Gasteiger partial charge is 0.172 e. The summed E-state index contributed by atoms with van der Waals surface area (Å²) in [7, 11) is 0. The van der Waals surface area contributed by atoms with Crippen molar-refractivity contribution in [3.05, 3.63) is 53.5 Å². The standard InChI is InChI=1S/C14H12FN5S/c15-12-4-2-1-3-10(12)5-7-17-14(21)19-13-11(9-16)6-8-18-20-13/h1-4,6,8H,5,7H2,(H2,17,19,20,21). The average molecular weight is 301 g/mol. The van der Waals surface area contributed by atoms with Crippen LogP contribution in [0, 0.1) is 17.1 Å². The lowest BCUT2D eigenvalue weighted by Crippen LogP contribution is -2.31. The number of benzene rings is 1. The van der Waals surface area contributed by atoms with Crippen molar-refractivity contribution in [1.29, 1.82) is 5.26 Å². The van der Waals surface area contributed by atoms with Gasteiger partial charge in [0.15, 0.2) is 10.9 Å². The van der Waals surface area contributed by atoms with Gasteiger partial charge < -0.3 is 10.6 Å². The summed E-state index contributed by atoms with van der Waals surface area (Å²) in [6.45, 7) is 0.467. The average Bonchev–Trinajstić information content (AvgIpc) is 2.50. The van der Waals surface area contributed by atoms with Crippen LogP contribution >= 0.6 is 12.2 Å². The van der Waals surface area contributed by atoms with Gasteiger partial charge in [-0.05, 0) is 36.3 Å². The first-order valence-electron chi connectivity index (χ1n) is 6.20. The molecule has 0 aliphatic heterocycles. The molecule has 0 saturated carbocycles. The van der Waals surface area contributed by atoms with Crippen molar-refractivity contribution in [3.8, 4) is 6.07 Å². The topological polar surface area (TPSA) is 73.6 Å². The van der Waals surface area contributed by atoms with Crippen molar-refractivity contribution in [2.45, 2.75) is 6.42 Å². The molecule has 0 fully saturated rings. The quantitative estimate of drug-likeness (QED) is 0.842. The SMILES string of the molecule is N#Cc1ccnnc1NC(=S)NCCc1ccccc1F. The lowest BCUT2D eigenvalue weighted by molar-refractivity contribution is 0.607. The highest BCUT2D eigenvalue weighted by Gasteiger charge is 2.06. The first-order chi connectivity index (χ1) is 10.2. The lowest BCUT2D eigenvalue weighted by atomic mass is 10.1. The molecule has 1 aromatic carbocycles. The molecule has 0 aliphatic rings. The van der Waals surface area contributed by atoms with E-state index in [1.54, 1.807) is 18.2 Å². The molecule has 0 amide bonds. The Hall–Kier alpha value is -2.59. The van der Waals surface area contributed by atoms with Crippen LogP contribution in [0.5, 0.6) is 0 Å². The van der Waals surface area contributed by atoms with Crippen LogP contribution in [0.2, 0.25) is 0 Å². The Balaban J connectivity index is 1.86. The van der Waals surface area contributed by atoms with Gasteiger partial charge in [-0.1, -0.05) is 18.2 Å². The molecule has 0 bridgehead atoms. The van der Waals surface area contributed by atoms with Crippen molar-refractivity contribution in [2.75, 3.05) is 11.9 Å². The van der Waals surface area contributed by atoms with Crippen molar-refractivity contribution < 1.29 is 4.39 Å². The van der Waals surface area contributed by atoms with E-state index in [9.17, 15) is 4.39 Å². The van der Waals surface area contributed by atoms with Gasteiger partial charge in [-0.25, -0.2) is 4.39 Å². The summed E-state index contributed by atoms with van der Waals surface area (Å²) in [5.74, 6) is 0.0577. The van der Waals surface area contributed by atoms with Gasteiger partial charge in [-0.2, -0.15) is 10.4 Å². The highest BCUT2D eigenvalue weighted by Crippen LogP contribution is 2.08. The number of hydrogen-bond acceptors (Lipinski definition) is 4. The molecule has 2 N–H and O–H groups in total. The minimum atomic E-state index is -0.237. The molecule has 0 unspecified atom stereocenters. The Kier molecular flexibility index (Phi) is 5.12. The van der Waals surface area contributed by atoms with Gasteiger partial charge in [0.1, 0.15) is 11.9 Å². The Labute approximate surface area is 126 Å². The number of halogens is 1. The van der Waals surface area contributed by atoms with Gasteiger partial charge in [0.2, 0.25) is 0 Å². The summed E-state index contributed by atoms with van der Waals surface area (Å²) in [6, 6.07) is 10.1. The zero-order chi connectivity index (χ0) is 15.1. The molecule has 1 heterocycles. The summed E-state index contributed by atoms with van der Waals surface area (Å²) >= 11 is 5.10. The molecule has 1 aromatic heterocycles. The number of thiocarbonyl (C=S) groups is 1. The van der Waals surface area contributed by atoms with Crippen LogP contribution in [-0.4, -0.2) is 21.9 Å². The summed E-state index contributed by atoms with van der Waals surface area (Å²) < 4.78 is 13.4. The van der Waals surface area contributed by atoms with Crippen LogP contribution in [0.15, 0.2) is 36.5 Å². The minimum Gasteiger partial charge on any atom is -0.362 e. The predicted octanol–water partition coefficient (Wildman–Crippen LogP) is 2.02. The number of aromatic nitrogens is 2. The van der Waals surface area contributed by atoms with Crippen LogP contribution in [0.4, 0.5) is 10.2 Å². The summed E-state index contributed by atoms with van der Waals surface area (Å²) in [6.07, 6.45) is 1.93. The Morgan fingerprint density at radius 2 is 2.14 bits per heavy atom. The normalized spacial score (nSPS) is 9.71. The lowest BCUT2D eigenvalue weighted by Gasteiger charge is -2.10. The maximum atomic E-state index is 13.4. The van der Waals surface area contributed by atoms with E-state index in [1.807, 2.05) is 6.07 Å².